The SMILES string of the molecule is CC1(C)CCCC(C)(C)N1OOC1=CC(n2cc[n+](C(C)(C)C)n2)=COC1. The highest BCUT2D eigenvalue weighted by Gasteiger charge is 2.44. The lowest BCUT2D eigenvalue weighted by Crippen LogP contribution is -2.58. The molecule has 0 unspecified atom stereocenters. The van der Waals surface area contributed by atoms with Crippen LogP contribution in [0.3, 0.4) is 0 Å². The lowest BCUT2D eigenvalue weighted by molar-refractivity contribution is -0.806. The summed E-state index contributed by atoms with van der Waals surface area (Å²) in [5.41, 5.74) is 0.534. The predicted octanol–water partition coefficient (Wildman–Crippen LogP) is 3.54. The van der Waals surface area contributed by atoms with E-state index in [-0.39, 0.29) is 16.6 Å². The van der Waals surface area contributed by atoms with E-state index in [0.717, 1.165) is 18.5 Å². The molecule has 0 bridgehead atoms. The van der Waals surface area contributed by atoms with Gasteiger partial charge in [0.15, 0.2) is 23.8 Å². The summed E-state index contributed by atoms with van der Waals surface area (Å²) in [5, 5.41) is 6.55. The van der Waals surface area contributed by atoms with Crippen molar-refractivity contribution in [1.82, 2.24) is 15.0 Å². The van der Waals surface area contributed by atoms with E-state index in [9.17, 15) is 0 Å². The molecule has 1 aromatic rings. The van der Waals surface area contributed by atoms with Crippen LogP contribution in [-0.2, 0) is 20.2 Å². The lowest BCUT2D eigenvalue weighted by atomic mass is 9.82. The number of allylic oxidation sites excluding steroid dienone is 2. The molecule has 1 fully saturated rings. The van der Waals surface area contributed by atoms with Gasteiger partial charge in [0.25, 0.3) is 0 Å². The number of hydroxylamine groups is 2. The van der Waals surface area contributed by atoms with Crippen LogP contribution in [0.4, 0.5) is 0 Å². The Hall–Kier alpha value is -1.86. The molecule has 0 atom stereocenters. The lowest BCUT2D eigenvalue weighted by Gasteiger charge is -2.49. The number of nitrogens with zero attached hydrogens (tertiary/aromatic N) is 4. The second-order valence-electron chi connectivity index (χ2n) is 9.64. The van der Waals surface area contributed by atoms with Gasteiger partial charge in [-0.15, -0.1) is 9.75 Å². The molecule has 0 amide bonds. The fraction of sp³-hybridized carbons (Fsp3) is 0.700. The van der Waals surface area contributed by atoms with Gasteiger partial charge >= 0.3 is 0 Å². The highest BCUT2D eigenvalue weighted by Crippen LogP contribution is 2.38. The van der Waals surface area contributed by atoms with Crippen molar-refractivity contribution in [2.45, 2.75) is 84.3 Å². The van der Waals surface area contributed by atoms with E-state index in [4.69, 9.17) is 14.6 Å². The fourth-order valence-corrected chi connectivity index (χ4v) is 3.67. The van der Waals surface area contributed by atoms with Crippen LogP contribution in [-0.4, -0.2) is 32.6 Å². The highest BCUT2D eigenvalue weighted by molar-refractivity contribution is 5.56. The maximum Gasteiger partial charge on any atom is 0.193 e. The van der Waals surface area contributed by atoms with E-state index in [1.165, 1.54) is 6.42 Å². The van der Waals surface area contributed by atoms with E-state index in [2.05, 4.69) is 53.7 Å². The third-order valence-corrected chi connectivity index (χ3v) is 5.13. The quantitative estimate of drug-likeness (QED) is 0.456. The average molecular weight is 378 g/mol. The third kappa shape index (κ3) is 4.35. The zero-order chi connectivity index (χ0) is 19.9. The van der Waals surface area contributed by atoms with Gasteiger partial charge in [-0.1, -0.05) is 9.67 Å². The molecule has 27 heavy (non-hydrogen) atoms. The summed E-state index contributed by atoms with van der Waals surface area (Å²) < 4.78 is 9.24. The van der Waals surface area contributed by atoms with Gasteiger partial charge in [-0.05, 0) is 67.7 Å². The number of ether oxygens (including phenoxy) is 1. The summed E-state index contributed by atoms with van der Waals surface area (Å²) in [7, 11) is 0. The first-order valence-electron chi connectivity index (χ1n) is 9.65. The second kappa shape index (κ2) is 6.95. The first-order chi connectivity index (χ1) is 12.5. The molecular weight excluding hydrogens is 344 g/mol. The molecule has 7 heteroatoms. The zero-order valence-corrected chi connectivity index (χ0v) is 17.7. The maximum absolute atomic E-state index is 5.82. The molecule has 3 rings (SSSR count). The first kappa shape index (κ1) is 19.9. The molecule has 1 saturated heterocycles. The van der Waals surface area contributed by atoms with Gasteiger partial charge in [-0.2, -0.15) is 0 Å². The van der Waals surface area contributed by atoms with Gasteiger partial charge in [0, 0.05) is 17.2 Å². The fourth-order valence-electron chi connectivity index (χ4n) is 3.67. The van der Waals surface area contributed by atoms with Crippen LogP contribution in [0.2, 0.25) is 0 Å². The highest BCUT2D eigenvalue weighted by atomic mass is 17.3. The molecule has 0 aromatic carbocycles. The molecule has 2 aliphatic rings. The standard InChI is InChI=1S/C20H33N4O3/c1-18(2,3)23-12-11-22(21-23)16-13-17(15-25-14-16)26-27-24-19(4,5)9-8-10-20(24,6)7/h11-14H,8-10,15H2,1-7H3/q+1. The number of rotatable bonds is 4. The van der Waals surface area contributed by atoms with Crippen molar-refractivity contribution in [3.63, 3.8) is 0 Å². The molecule has 3 heterocycles. The van der Waals surface area contributed by atoms with Crippen molar-refractivity contribution in [3.8, 4) is 0 Å². The monoisotopic (exact) mass is 377 g/mol. The van der Waals surface area contributed by atoms with Crippen molar-refractivity contribution in [1.29, 1.82) is 0 Å². The smallest absolute Gasteiger partial charge is 0.193 e. The van der Waals surface area contributed by atoms with E-state index < -0.39 is 0 Å². The van der Waals surface area contributed by atoms with E-state index in [1.54, 1.807) is 10.9 Å². The second-order valence-corrected chi connectivity index (χ2v) is 9.64. The van der Waals surface area contributed by atoms with E-state index in [0.29, 0.717) is 12.4 Å². The molecule has 1 aromatic heterocycles. The van der Waals surface area contributed by atoms with Crippen molar-refractivity contribution in [3.05, 3.63) is 30.5 Å². The van der Waals surface area contributed by atoms with Crippen LogP contribution in [0, 0.1) is 0 Å². The van der Waals surface area contributed by atoms with E-state index in [1.807, 2.05) is 28.2 Å². The summed E-state index contributed by atoms with van der Waals surface area (Å²) in [4.78, 5) is 11.5. The largest absolute Gasteiger partial charge is 0.489 e. The summed E-state index contributed by atoms with van der Waals surface area (Å²) in [6.45, 7) is 15.4. The molecule has 150 valence electrons. The zero-order valence-electron chi connectivity index (χ0n) is 17.7. The normalized spacial score (nSPS) is 22.6. The first-order valence-corrected chi connectivity index (χ1v) is 9.65. The third-order valence-electron chi connectivity index (χ3n) is 5.13. The molecule has 2 aliphatic heterocycles. The Morgan fingerprint density at radius 2 is 1.81 bits per heavy atom. The van der Waals surface area contributed by atoms with Gasteiger partial charge in [-0.3, -0.25) is 0 Å². The molecule has 0 aliphatic carbocycles. The Morgan fingerprint density at radius 1 is 1.15 bits per heavy atom. The number of piperidine rings is 1. The Kier molecular flexibility index (Phi) is 5.12. The molecular formula is C20H33N4O3+. The van der Waals surface area contributed by atoms with Gasteiger partial charge in [0.2, 0.25) is 0 Å². The van der Waals surface area contributed by atoms with Crippen LogP contribution in [0.15, 0.2) is 30.5 Å². The minimum Gasteiger partial charge on any atom is -0.489 e. The molecule has 0 N–H and O–H groups in total. The van der Waals surface area contributed by atoms with Crippen molar-refractivity contribution >= 4 is 5.70 Å². The van der Waals surface area contributed by atoms with Crippen LogP contribution in [0.25, 0.3) is 5.70 Å². The van der Waals surface area contributed by atoms with Gasteiger partial charge in [0.05, 0.1) is 5.21 Å². The predicted molar refractivity (Wildman–Crippen MR) is 102 cm³/mol. The minimum absolute atomic E-state index is 0.0844. The average Bonchev–Trinajstić information content (AvgIpc) is 3.03. The number of hydrogen-bond donors (Lipinski definition) is 0. The molecule has 7 nitrogen and oxygen atoms in total. The van der Waals surface area contributed by atoms with Gasteiger partial charge < -0.3 is 9.62 Å². The van der Waals surface area contributed by atoms with Crippen molar-refractivity contribution in [2.24, 2.45) is 0 Å². The summed E-state index contributed by atoms with van der Waals surface area (Å²) in [5.74, 6) is 0.613. The van der Waals surface area contributed by atoms with E-state index >= 15 is 0 Å². The van der Waals surface area contributed by atoms with Crippen LogP contribution >= 0.6 is 0 Å². The summed E-state index contributed by atoms with van der Waals surface area (Å²) in [6, 6.07) is 0. The Bertz CT molecular complexity index is 725. The van der Waals surface area contributed by atoms with Gasteiger partial charge in [0.1, 0.15) is 18.4 Å². The number of hydrogen-bond acceptors (Lipinski definition) is 5. The summed E-state index contributed by atoms with van der Waals surface area (Å²) >= 11 is 0. The minimum atomic E-state index is -0.0866. The summed E-state index contributed by atoms with van der Waals surface area (Å²) in [6.07, 6.45) is 10.7. The van der Waals surface area contributed by atoms with Gasteiger partial charge in [-0.25, -0.2) is 0 Å². The molecule has 0 spiro atoms. The Morgan fingerprint density at radius 3 is 2.41 bits per heavy atom. The van der Waals surface area contributed by atoms with Crippen LogP contribution < -0.4 is 4.68 Å². The maximum atomic E-state index is 5.82. The van der Waals surface area contributed by atoms with Crippen molar-refractivity contribution < 1.29 is 19.3 Å². The molecule has 0 saturated carbocycles. The molecule has 0 radical (unpaired) electrons. The topological polar surface area (TPSA) is 52.6 Å². The Balaban J connectivity index is 1.71. The Labute approximate surface area is 162 Å². The van der Waals surface area contributed by atoms with Crippen LogP contribution in [0.1, 0.15) is 67.7 Å². The van der Waals surface area contributed by atoms with Crippen molar-refractivity contribution in [2.75, 3.05) is 6.61 Å². The van der Waals surface area contributed by atoms with Crippen LogP contribution in [0.5, 0.6) is 0 Å². The number of aromatic nitrogens is 3.